The summed E-state index contributed by atoms with van der Waals surface area (Å²) in [6.07, 6.45) is 6.24. The molecular formula is C23H33N5O3S. The Morgan fingerprint density at radius 3 is 2.81 bits per heavy atom. The summed E-state index contributed by atoms with van der Waals surface area (Å²) in [6, 6.07) is 2.47. The number of hydrogen-bond donors (Lipinski definition) is 2. The van der Waals surface area contributed by atoms with Crippen LogP contribution in [-0.2, 0) is 9.53 Å². The van der Waals surface area contributed by atoms with Gasteiger partial charge in [-0.3, -0.25) is 19.6 Å². The van der Waals surface area contributed by atoms with E-state index in [-0.39, 0.29) is 24.0 Å². The van der Waals surface area contributed by atoms with Crippen molar-refractivity contribution in [2.45, 2.75) is 63.6 Å². The minimum absolute atomic E-state index is 0.00179. The van der Waals surface area contributed by atoms with Crippen molar-refractivity contribution in [3.05, 3.63) is 16.6 Å². The van der Waals surface area contributed by atoms with Crippen LogP contribution in [0.4, 0.5) is 0 Å². The van der Waals surface area contributed by atoms with E-state index >= 15 is 0 Å². The molecule has 2 atom stereocenters. The Kier molecular flexibility index (Phi) is 6.22. The molecule has 2 N–H and O–H groups in total. The minimum Gasteiger partial charge on any atom is -0.378 e. The first kappa shape index (κ1) is 21.9. The Morgan fingerprint density at radius 2 is 2.06 bits per heavy atom. The Hall–Kier alpha value is -1.97. The lowest BCUT2D eigenvalue weighted by Gasteiger charge is -2.43. The Labute approximate surface area is 192 Å². The van der Waals surface area contributed by atoms with Crippen molar-refractivity contribution in [2.75, 3.05) is 33.3 Å². The molecule has 2 saturated heterocycles. The van der Waals surface area contributed by atoms with E-state index in [1.54, 1.807) is 0 Å². The standard InChI is InChI=1S/C23H33N5O3S/c1-14-18-12-20(32-23(18)26-25-14)22(30)24-16-7-10-31-19(11-16)15-3-5-17(6-4-15)28-9-8-27(2)13-21(28)29/h12,15-17,19H,3-11,13H2,1-2H3,(H,24,30)(H,25,26)/t15?,16-,17?,19-/m1/s1. The number of aromatic amines is 1. The second-order valence-electron chi connectivity index (χ2n) is 9.66. The predicted octanol–water partition coefficient (Wildman–Crippen LogP) is 2.54. The first-order valence-corrected chi connectivity index (χ1v) is 12.6. The van der Waals surface area contributed by atoms with Crippen molar-refractivity contribution < 1.29 is 14.3 Å². The van der Waals surface area contributed by atoms with Crippen molar-refractivity contribution in [1.29, 1.82) is 0 Å². The van der Waals surface area contributed by atoms with Gasteiger partial charge in [-0.25, -0.2) is 0 Å². The number of amides is 2. The predicted molar refractivity (Wildman–Crippen MR) is 124 cm³/mol. The molecular weight excluding hydrogens is 426 g/mol. The summed E-state index contributed by atoms with van der Waals surface area (Å²) < 4.78 is 6.15. The molecule has 5 rings (SSSR count). The number of ether oxygens (including phenoxy) is 1. The van der Waals surface area contributed by atoms with Crippen LogP contribution in [0, 0.1) is 12.8 Å². The summed E-state index contributed by atoms with van der Waals surface area (Å²) in [5, 5.41) is 11.5. The molecule has 32 heavy (non-hydrogen) atoms. The van der Waals surface area contributed by atoms with Gasteiger partial charge in [0.25, 0.3) is 5.91 Å². The number of piperazine rings is 1. The number of thiophene rings is 1. The van der Waals surface area contributed by atoms with Crippen LogP contribution in [0.15, 0.2) is 6.07 Å². The molecule has 0 bridgehead atoms. The van der Waals surface area contributed by atoms with Crippen molar-refractivity contribution in [1.82, 2.24) is 25.3 Å². The number of aryl methyl sites for hydroxylation is 1. The number of H-pyrrole nitrogens is 1. The molecule has 174 valence electrons. The van der Waals surface area contributed by atoms with Crippen LogP contribution in [0.1, 0.15) is 53.9 Å². The van der Waals surface area contributed by atoms with Crippen LogP contribution in [0.5, 0.6) is 0 Å². The van der Waals surface area contributed by atoms with Gasteiger partial charge in [-0.1, -0.05) is 0 Å². The van der Waals surface area contributed by atoms with E-state index in [4.69, 9.17) is 4.74 Å². The topological polar surface area (TPSA) is 90.6 Å². The van der Waals surface area contributed by atoms with Crippen LogP contribution in [0.2, 0.25) is 0 Å². The van der Waals surface area contributed by atoms with Crippen molar-refractivity contribution in [2.24, 2.45) is 5.92 Å². The first-order chi connectivity index (χ1) is 15.5. The van der Waals surface area contributed by atoms with Gasteiger partial charge in [-0.2, -0.15) is 5.10 Å². The molecule has 0 spiro atoms. The summed E-state index contributed by atoms with van der Waals surface area (Å²) in [5.41, 5.74) is 0.926. The molecule has 9 heteroatoms. The Balaban J connectivity index is 1.13. The molecule has 1 saturated carbocycles. The number of hydrogen-bond acceptors (Lipinski definition) is 6. The van der Waals surface area contributed by atoms with E-state index in [9.17, 15) is 9.59 Å². The van der Waals surface area contributed by atoms with E-state index in [1.165, 1.54) is 11.3 Å². The lowest BCUT2D eigenvalue weighted by Crippen LogP contribution is -2.54. The van der Waals surface area contributed by atoms with Gasteiger partial charge in [0.05, 0.1) is 23.2 Å². The zero-order valence-corrected chi connectivity index (χ0v) is 19.7. The molecule has 3 fully saturated rings. The molecule has 2 aromatic heterocycles. The number of nitrogens with one attached hydrogen (secondary N) is 2. The van der Waals surface area contributed by atoms with Crippen molar-refractivity contribution in [3.8, 4) is 0 Å². The van der Waals surface area contributed by atoms with Crippen LogP contribution in [0.25, 0.3) is 10.2 Å². The number of carbonyl (C=O) groups is 2. The zero-order valence-electron chi connectivity index (χ0n) is 18.9. The minimum atomic E-state index is 0.00179. The number of carbonyl (C=O) groups excluding carboxylic acids is 2. The van der Waals surface area contributed by atoms with Gasteiger partial charge < -0.3 is 15.0 Å². The smallest absolute Gasteiger partial charge is 0.261 e. The second kappa shape index (κ2) is 9.11. The molecule has 2 amide bonds. The fraction of sp³-hybridized carbons (Fsp3) is 0.696. The van der Waals surface area contributed by atoms with Crippen LogP contribution in [0.3, 0.4) is 0 Å². The lowest BCUT2D eigenvalue weighted by molar-refractivity contribution is -0.139. The lowest BCUT2D eigenvalue weighted by atomic mass is 9.79. The van der Waals surface area contributed by atoms with E-state index in [2.05, 4.69) is 25.3 Å². The third-order valence-electron chi connectivity index (χ3n) is 7.48. The summed E-state index contributed by atoms with van der Waals surface area (Å²) in [5.74, 6) is 0.791. The quantitative estimate of drug-likeness (QED) is 0.733. The molecule has 0 radical (unpaired) electrons. The van der Waals surface area contributed by atoms with Crippen LogP contribution < -0.4 is 5.32 Å². The maximum Gasteiger partial charge on any atom is 0.261 e. The number of fused-ring (bicyclic) bond motifs is 1. The van der Waals surface area contributed by atoms with Gasteiger partial charge >= 0.3 is 0 Å². The maximum absolute atomic E-state index is 12.8. The van der Waals surface area contributed by atoms with Gasteiger partial charge in [-0.15, -0.1) is 11.3 Å². The number of aromatic nitrogens is 2. The molecule has 8 nitrogen and oxygen atoms in total. The summed E-state index contributed by atoms with van der Waals surface area (Å²) in [6.45, 7) is 5.01. The van der Waals surface area contributed by atoms with Crippen molar-refractivity contribution >= 4 is 33.4 Å². The fourth-order valence-corrected chi connectivity index (χ4v) is 6.53. The number of likely N-dealkylation sites (N-methyl/N-ethyl adjacent to an activating group) is 1. The number of nitrogens with zero attached hydrogens (tertiary/aromatic N) is 3. The summed E-state index contributed by atoms with van der Waals surface area (Å²) in [7, 11) is 2.01. The molecule has 2 aromatic rings. The van der Waals surface area contributed by atoms with E-state index in [1.807, 2.05) is 20.0 Å². The molecule has 1 aliphatic carbocycles. The second-order valence-corrected chi connectivity index (χ2v) is 10.7. The highest BCUT2D eigenvalue weighted by atomic mass is 32.1. The maximum atomic E-state index is 12.8. The van der Waals surface area contributed by atoms with Crippen LogP contribution >= 0.6 is 11.3 Å². The van der Waals surface area contributed by atoms with Crippen LogP contribution in [-0.4, -0.2) is 83.3 Å². The average Bonchev–Trinajstić information content (AvgIpc) is 3.36. The molecule has 3 aliphatic rings. The average molecular weight is 460 g/mol. The SMILES string of the molecule is Cc1n[nH]c2sc(C(=O)N[C@@H]3CCO[C@@H](C4CCC(N5CCN(C)CC5=O)CC4)C3)cc12. The monoisotopic (exact) mass is 459 g/mol. The zero-order chi connectivity index (χ0) is 22.2. The van der Waals surface area contributed by atoms with Gasteiger partial charge in [0.1, 0.15) is 4.83 Å². The van der Waals surface area contributed by atoms with Gasteiger partial charge in [0.15, 0.2) is 0 Å². The normalized spacial score (nSPS) is 30.1. The summed E-state index contributed by atoms with van der Waals surface area (Å²) in [4.78, 5) is 31.2. The van der Waals surface area contributed by atoms with E-state index in [0.717, 1.165) is 72.4 Å². The Morgan fingerprint density at radius 1 is 1.25 bits per heavy atom. The largest absolute Gasteiger partial charge is 0.378 e. The molecule has 4 heterocycles. The highest BCUT2D eigenvalue weighted by molar-refractivity contribution is 7.20. The molecule has 2 aliphatic heterocycles. The fourth-order valence-electron chi connectivity index (χ4n) is 5.57. The number of rotatable bonds is 4. The van der Waals surface area contributed by atoms with E-state index < -0.39 is 0 Å². The molecule has 0 unspecified atom stereocenters. The first-order valence-electron chi connectivity index (χ1n) is 11.8. The van der Waals surface area contributed by atoms with Crippen molar-refractivity contribution in [3.63, 3.8) is 0 Å². The third-order valence-corrected chi connectivity index (χ3v) is 8.52. The highest BCUT2D eigenvalue weighted by Gasteiger charge is 2.36. The van der Waals surface area contributed by atoms with Gasteiger partial charge in [0, 0.05) is 37.2 Å². The van der Waals surface area contributed by atoms with Gasteiger partial charge in [-0.05, 0) is 64.5 Å². The third kappa shape index (κ3) is 4.43. The van der Waals surface area contributed by atoms with Gasteiger partial charge in [0.2, 0.25) is 5.91 Å². The Bertz CT molecular complexity index is 980. The molecule has 0 aromatic carbocycles. The summed E-state index contributed by atoms with van der Waals surface area (Å²) >= 11 is 1.46. The highest BCUT2D eigenvalue weighted by Crippen LogP contribution is 2.35. The van der Waals surface area contributed by atoms with E-state index in [0.29, 0.717) is 25.1 Å².